The van der Waals surface area contributed by atoms with E-state index in [0.29, 0.717) is 24.8 Å². The molecule has 1 heterocycles. The maximum absolute atomic E-state index is 10.3. The van der Waals surface area contributed by atoms with Crippen LogP contribution < -0.4 is 10.6 Å². The molecule has 6 nitrogen and oxygen atoms in total. The first-order valence-corrected chi connectivity index (χ1v) is 5.13. The Bertz CT molecular complexity index is 237. The zero-order valence-corrected chi connectivity index (χ0v) is 8.86. The Morgan fingerprint density at radius 1 is 1.67 bits per heavy atom. The second-order valence-electron chi connectivity index (χ2n) is 3.47. The van der Waals surface area contributed by atoms with E-state index >= 15 is 0 Å². The second kappa shape index (κ2) is 6.23. The first kappa shape index (κ1) is 11.8. The molecule has 0 aromatic carbocycles. The molecule has 86 valence electrons. The zero-order valence-electron chi connectivity index (χ0n) is 8.86. The summed E-state index contributed by atoms with van der Waals surface area (Å²) in [5.41, 5.74) is 0. The Hall–Kier alpha value is -1.30. The monoisotopic (exact) mass is 215 g/mol. The number of hydrogen-bond donors (Lipinski definition) is 2. The SMILES string of the molecule is CCN/C(=C\[N+](=O)[O-])NCC1CCOC1. The van der Waals surface area contributed by atoms with Crippen molar-refractivity contribution in [1.82, 2.24) is 10.6 Å². The second-order valence-corrected chi connectivity index (χ2v) is 3.47. The van der Waals surface area contributed by atoms with Gasteiger partial charge in [0, 0.05) is 25.6 Å². The predicted octanol–water partition coefficient (Wildman–Crippen LogP) is 0.298. The predicted molar refractivity (Wildman–Crippen MR) is 55.7 cm³/mol. The van der Waals surface area contributed by atoms with Crippen molar-refractivity contribution in [2.75, 3.05) is 26.3 Å². The van der Waals surface area contributed by atoms with Crippen LogP contribution >= 0.6 is 0 Å². The van der Waals surface area contributed by atoms with E-state index in [4.69, 9.17) is 4.74 Å². The van der Waals surface area contributed by atoms with E-state index < -0.39 is 4.92 Å². The minimum Gasteiger partial charge on any atom is -0.381 e. The molecule has 1 aliphatic heterocycles. The molecule has 1 aliphatic rings. The molecule has 0 aromatic heterocycles. The smallest absolute Gasteiger partial charge is 0.274 e. The Labute approximate surface area is 88.8 Å². The number of nitrogens with zero attached hydrogens (tertiary/aromatic N) is 1. The molecule has 0 saturated carbocycles. The van der Waals surface area contributed by atoms with Crippen molar-refractivity contribution in [3.8, 4) is 0 Å². The highest BCUT2D eigenvalue weighted by Crippen LogP contribution is 2.10. The van der Waals surface area contributed by atoms with Gasteiger partial charge in [0.05, 0.1) is 11.5 Å². The van der Waals surface area contributed by atoms with Gasteiger partial charge in [-0.3, -0.25) is 10.1 Å². The van der Waals surface area contributed by atoms with E-state index in [0.717, 1.165) is 25.8 Å². The molecule has 1 saturated heterocycles. The van der Waals surface area contributed by atoms with Crippen LogP contribution in [0.15, 0.2) is 12.0 Å². The maximum atomic E-state index is 10.3. The molecule has 1 atom stereocenters. The molecule has 0 radical (unpaired) electrons. The summed E-state index contributed by atoms with van der Waals surface area (Å²) in [5.74, 6) is 0.924. The minimum absolute atomic E-state index is 0.457. The average molecular weight is 215 g/mol. The Balaban J connectivity index is 2.33. The number of nitro groups is 1. The van der Waals surface area contributed by atoms with Gasteiger partial charge in [0.15, 0.2) is 5.82 Å². The van der Waals surface area contributed by atoms with E-state index in [-0.39, 0.29) is 0 Å². The minimum atomic E-state index is -0.462. The van der Waals surface area contributed by atoms with Gasteiger partial charge in [-0.2, -0.15) is 0 Å². The fraction of sp³-hybridized carbons (Fsp3) is 0.778. The van der Waals surface area contributed by atoms with Gasteiger partial charge in [-0.05, 0) is 13.3 Å². The number of ether oxygens (including phenoxy) is 1. The maximum Gasteiger partial charge on any atom is 0.274 e. The summed E-state index contributed by atoms with van der Waals surface area (Å²) >= 11 is 0. The van der Waals surface area contributed by atoms with E-state index in [1.165, 1.54) is 0 Å². The summed E-state index contributed by atoms with van der Waals surface area (Å²) in [6.45, 7) is 4.81. The molecule has 6 heteroatoms. The molecule has 0 bridgehead atoms. The molecule has 2 N–H and O–H groups in total. The third kappa shape index (κ3) is 4.64. The molecule has 1 fully saturated rings. The third-order valence-electron chi connectivity index (χ3n) is 2.21. The van der Waals surface area contributed by atoms with Crippen LogP contribution in [0.3, 0.4) is 0 Å². The van der Waals surface area contributed by atoms with Crippen LogP contribution in [0.5, 0.6) is 0 Å². The lowest BCUT2D eigenvalue weighted by molar-refractivity contribution is -0.404. The van der Waals surface area contributed by atoms with Gasteiger partial charge in [-0.15, -0.1) is 0 Å². The summed E-state index contributed by atoms with van der Waals surface area (Å²) in [7, 11) is 0. The van der Waals surface area contributed by atoms with Crippen LogP contribution in [0.2, 0.25) is 0 Å². The van der Waals surface area contributed by atoms with Crippen molar-refractivity contribution in [2.24, 2.45) is 5.92 Å². The Morgan fingerprint density at radius 2 is 2.47 bits per heavy atom. The molecular formula is C9H17N3O3. The fourth-order valence-corrected chi connectivity index (χ4v) is 1.45. The van der Waals surface area contributed by atoms with E-state index in [1.807, 2.05) is 6.92 Å². The first-order chi connectivity index (χ1) is 7.22. The zero-order chi connectivity index (χ0) is 11.1. The molecule has 0 aliphatic carbocycles. The molecule has 15 heavy (non-hydrogen) atoms. The Morgan fingerprint density at radius 3 is 3.00 bits per heavy atom. The van der Waals surface area contributed by atoms with Crippen molar-refractivity contribution < 1.29 is 9.66 Å². The van der Waals surface area contributed by atoms with Crippen molar-refractivity contribution in [2.45, 2.75) is 13.3 Å². The highest BCUT2D eigenvalue weighted by atomic mass is 16.6. The van der Waals surface area contributed by atoms with Gasteiger partial charge in [0.2, 0.25) is 0 Å². The third-order valence-corrected chi connectivity index (χ3v) is 2.21. The van der Waals surface area contributed by atoms with Gasteiger partial charge in [-0.25, -0.2) is 0 Å². The van der Waals surface area contributed by atoms with Crippen molar-refractivity contribution in [3.05, 3.63) is 22.1 Å². The van der Waals surface area contributed by atoms with Crippen LogP contribution in [0.4, 0.5) is 0 Å². The standard InChI is InChI=1S/C9H17N3O3/c1-2-10-9(6-12(13)14)11-5-8-3-4-15-7-8/h6,8,10-11H,2-5,7H2,1H3/b9-6+. The summed E-state index contributed by atoms with van der Waals surface area (Å²) in [6.07, 6.45) is 1.98. The molecule has 0 amide bonds. The van der Waals surface area contributed by atoms with Gasteiger partial charge in [0.1, 0.15) is 0 Å². The van der Waals surface area contributed by atoms with Crippen molar-refractivity contribution in [3.63, 3.8) is 0 Å². The van der Waals surface area contributed by atoms with Crippen LogP contribution in [0.25, 0.3) is 0 Å². The number of hydrogen-bond acceptors (Lipinski definition) is 5. The quantitative estimate of drug-likeness (QED) is 0.492. The summed E-state index contributed by atoms with van der Waals surface area (Å²) < 4.78 is 5.22. The lowest BCUT2D eigenvalue weighted by atomic mass is 10.1. The average Bonchev–Trinajstić information content (AvgIpc) is 2.66. The van der Waals surface area contributed by atoms with Gasteiger partial charge in [-0.1, -0.05) is 0 Å². The van der Waals surface area contributed by atoms with Crippen molar-refractivity contribution in [1.29, 1.82) is 0 Å². The van der Waals surface area contributed by atoms with Gasteiger partial charge < -0.3 is 15.4 Å². The van der Waals surface area contributed by atoms with Crippen molar-refractivity contribution >= 4 is 0 Å². The van der Waals surface area contributed by atoms with Crippen LogP contribution in [0.1, 0.15) is 13.3 Å². The molecule has 1 unspecified atom stereocenters. The molecular weight excluding hydrogens is 198 g/mol. The summed E-state index contributed by atoms with van der Waals surface area (Å²) in [5, 5.41) is 16.2. The van der Waals surface area contributed by atoms with E-state index in [2.05, 4.69) is 10.6 Å². The fourth-order valence-electron chi connectivity index (χ4n) is 1.45. The summed E-state index contributed by atoms with van der Waals surface area (Å²) in [4.78, 5) is 9.84. The number of rotatable bonds is 6. The van der Waals surface area contributed by atoms with Crippen LogP contribution in [-0.2, 0) is 4.74 Å². The molecule has 1 rings (SSSR count). The van der Waals surface area contributed by atoms with Crippen LogP contribution in [0, 0.1) is 16.0 Å². The highest BCUT2D eigenvalue weighted by Gasteiger charge is 2.15. The van der Waals surface area contributed by atoms with E-state index in [9.17, 15) is 10.1 Å². The van der Waals surface area contributed by atoms with E-state index in [1.54, 1.807) is 0 Å². The molecule has 0 spiro atoms. The normalized spacial score (nSPS) is 21.4. The van der Waals surface area contributed by atoms with Gasteiger partial charge in [0.25, 0.3) is 6.20 Å². The highest BCUT2D eigenvalue weighted by molar-refractivity contribution is 4.92. The first-order valence-electron chi connectivity index (χ1n) is 5.13. The number of nitrogens with one attached hydrogen (secondary N) is 2. The largest absolute Gasteiger partial charge is 0.381 e. The Kier molecular flexibility index (Phi) is 4.89. The van der Waals surface area contributed by atoms with Crippen LogP contribution in [-0.4, -0.2) is 31.2 Å². The topological polar surface area (TPSA) is 76.4 Å². The lowest BCUT2D eigenvalue weighted by Gasteiger charge is -2.12. The lowest BCUT2D eigenvalue weighted by Crippen LogP contribution is -2.31. The van der Waals surface area contributed by atoms with Gasteiger partial charge >= 0.3 is 0 Å². The summed E-state index contributed by atoms with van der Waals surface area (Å²) in [6, 6.07) is 0. The molecule has 0 aromatic rings.